The topological polar surface area (TPSA) is 64.1 Å². The van der Waals surface area contributed by atoms with E-state index in [4.69, 9.17) is 4.74 Å². The molecule has 1 N–H and O–H groups in total. The zero-order valence-corrected chi connectivity index (χ0v) is 15.6. The molecule has 5 heteroatoms. The quantitative estimate of drug-likeness (QED) is 0.472. The van der Waals surface area contributed by atoms with Gasteiger partial charge in [0.1, 0.15) is 6.73 Å². The Morgan fingerprint density at radius 2 is 1.75 bits per heavy atom. The van der Waals surface area contributed by atoms with E-state index in [2.05, 4.69) is 4.98 Å². The van der Waals surface area contributed by atoms with Crippen molar-refractivity contribution in [1.29, 1.82) is 0 Å². The van der Waals surface area contributed by atoms with E-state index >= 15 is 0 Å². The number of hydrogen-bond acceptors (Lipinski definition) is 3. The molecule has 0 fully saturated rings. The van der Waals surface area contributed by atoms with Crippen molar-refractivity contribution in [2.45, 2.75) is 13.7 Å². The molecule has 5 rings (SSSR count). The van der Waals surface area contributed by atoms with Gasteiger partial charge < -0.3 is 14.3 Å². The number of aromatic nitrogens is 2. The number of benzene rings is 2. The normalized spacial score (nSPS) is 11.8. The Bertz CT molecular complexity index is 1470. The van der Waals surface area contributed by atoms with Gasteiger partial charge in [-0.2, -0.15) is 0 Å². The number of carbonyl (C=O) groups is 1. The second kappa shape index (κ2) is 6.04. The van der Waals surface area contributed by atoms with Gasteiger partial charge >= 0.3 is 0 Å². The van der Waals surface area contributed by atoms with Crippen LogP contribution in [0.2, 0.25) is 0 Å². The van der Waals surface area contributed by atoms with Crippen molar-refractivity contribution in [3.8, 4) is 0 Å². The van der Waals surface area contributed by atoms with Crippen LogP contribution in [0.25, 0.3) is 43.6 Å². The van der Waals surface area contributed by atoms with Crippen molar-refractivity contribution in [2.24, 2.45) is 0 Å². The van der Waals surface area contributed by atoms with Gasteiger partial charge in [-0.1, -0.05) is 36.4 Å². The van der Waals surface area contributed by atoms with Crippen LogP contribution in [0.15, 0.2) is 59.4 Å². The third-order valence-electron chi connectivity index (χ3n) is 5.35. The van der Waals surface area contributed by atoms with Crippen LogP contribution in [0.1, 0.15) is 17.3 Å². The lowest BCUT2D eigenvalue weighted by molar-refractivity contribution is 0.101. The van der Waals surface area contributed by atoms with E-state index in [9.17, 15) is 9.59 Å². The van der Waals surface area contributed by atoms with Gasteiger partial charge in [0.05, 0.1) is 21.9 Å². The van der Waals surface area contributed by atoms with Gasteiger partial charge in [-0.3, -0.25) is 9.59 Å². The molecular formula is C23H18N2O3. The number of rotatable bonds is 3. The number of H-pyrrole nitrogens is 1. The lowest BCUT2D eigenvalue weighted by Crippen LogP contribution is -2.04. The molecule has 2 aromatic heterocycles. The molecule has 28 heavy (non-hydrogen) atoms. The summed E-state index contributed by atoms with van der Waals surface area (Å²) in [6, 6.07) is 17.3. The highest BCUT2D eigenvalue weighted by atomic mass is 16.5. The van der Waals surface area contributed by atoms with Gasteiger partial charge in [0.25, 0.3) is 0 Å². The molecule has 0 amide bonds. The molecule has 5 nitrogen and oxygen atoms in total. The summed E-state index contributed by atoms with van der Waals surface area (Å²) < 4.78 is 7.31. The molecule has 5 aromatic rings. The van der Waals surface area contributed by atoms with E-state index in [-0.39, 0.29) is 17.9 Å². The van der Waals surface area contributed by atoms with E-state index in [1.54, 1.807) is 7.11 Å². The minimum absolute atomic E-state index is 0.0904. The summed E-state index contributed by atoms with van der Waals surface area (Å²) in [5.74, 6) is -0.0904. The Morgan fingerprint density at radius 3 is 2.50 bits per heavy atom. The Balaban J connectivity index is 2.17. The Morgan fingerprint density at radius 1 is 1.04 bits per heavy atom. The number of fused-ring (bicyclic) bond motifs is 6. The molecule has 0 unspecified atom stereocenters. The standard InChI is InChI=1S/C23H18N2O3/c1-13(26)16-11-17-14-7-3-5-9-18(14)24-21(17)23(27)20-15-8-4-6-10-19(15)25(12-28-2)22(16)20/h3-11,24H,12H2,1-2H3. The van der Waals surface area contributed by atoms with Crippen molar-refractivity contribution in [2.75, 3.05) is 7.11 Å². The number of nitrogens with zero attached hydrogens (tertiary/aromatic N) is 1. The highest BCUT2D eigenvalue weighted by molar-refractivity contribution is 6.20. The van der Waals surface area contributed by atoms with Crippen LogP contribution in [0, 0.1) is 0 Å². The number of Topliss-reactive ketones (excluding diaryl/α,β-unsaturated/α-hetero) is 1. The average Bonchev–Trinajstić information content (AvgIpc) is 3.18. The van der Waals surface area contributed by atoms with Crippen LogP contribution in [-0.2, 0) is 11.5 Å². The van der Waals surface area contributed by atoms with Crippen molar-refractivity contribution >= 4 is 49.4 Å². The molecule has 2 heterocycles. The number of hydrogen-bond donors (Lipinski definition) is 1. The molecule has 0 saturated carbocycles. The monoisotopic (exact) mass is 370 g/mol. The summed E-state index contributed by atoms with van der Waals surface area (Å²) in [7, 11) is 1.60. The second-order valence-corrected chi connectivity index (χ2v) is 6.99. The fraction of sp³-hybridized carbons (Fsp3) is 0.130. The van der Waals surface area contributed by atoms with Crippen LogP contribution in [0.5, 0.6) is 0 Å². The number of nitrogens with one attached hydrogen (secondary N) is 1. The first-order valence-electron chi connectivity index (χ1n) is 9.10. The third-order valence-corrected chi connectivity index (χ3v) is 5.35. The molecular weight excluding hydrogens is 352 g/mol. The SMILES string of the molecule is COCn1c2ccccc2c2c(=O)c3[nH]c4ccccc4c3cc(C(C)=O)c21. The van der Waals surface area contributed by atoms with Gasteiger partial charge in [0, 0.05) is 34.3 Å². The number of methoxy groups -OCH3 is 1. The highest BCUT2D eigenvalue weighted by Crippen LogP contribution is 2.32. The molecule has 3 aromatic carbocycles. The van der Waals surface area contributed by atoms with E-state index in [0.29, 0.717) is 22.0 Å². The molecule has 0 saturated heterocycles. The van der Waals surface area contributed by atoms with E-state index < -0.39 is 0 Å². The number of aromatic amines is 1. The summed E-state index contributed by atoms with van der Waals surface area (Å²) >= 11 is 0. The Labute approximate surface area is 160 Å². The van der Waals surface area contributed by atoms with Crippen LogP contribution in [0.3, 0.4) is 0 Å². The second-order valence-electron chi connectivity index (χ2n) is 6.99. The maximum atomic E-state index is 13.7. The van der Waals surface area contributed by atoms with Crippen LogP contribution < -0.4 is 5.43 Å². The minimum atomic E-state index is -0.111. The predicted molar refractivity (Wildman–Crippen MR) is 112 cm³/mol. The molecule has 0 aliphatic heterocycles. The van der Waals surface area contributed by atoms with Gasteiger partial charge in [-0.15, -0.1) is 0 Å². The first-order valence-corrected chi connectivity index (χ1v) is 9.10. The van der Waals surface area contributed by atoms with Gasteiger partial charge in [0.15, 0.2) is 5.78 Å². The van der Waals surface area contributed by atoms with E-state index in [1.807, 2.05) is 59.2 Å². The maximum Gasteiger partial charge on any atom is 0.212 e. The number of ether oxygens (including phenoxy) is 1. The fourth-order valence-corrected chi connectivity index (χ4v) is 4.18. The summed E-state index contributed by atoms with van der Waals surface area (Å²) in [4.78, 5) is 29.6. The lowest BCUT2D eigenvalue weighted by atomic mass is 10.1. The number of para-hydroxylation sites is 2. The summed E-state index contributed by atoms with van der Waals surface area (Å²) in [6.07, 6.45) is 0. The lowest BCUT2D eigenvalue weighted by Gasteiger charge is -2.07. The zero-order chi connectivity index (χ0) is 19.4. The van der Waals surface area contributed by atoms with Gasteiger partial charge in [-0.05, 0) is 25.1 Å². The van der Waals surface area contributed by atoms with Gasteiger partial charge in [-0.25, -0.2) is 0 Å². The zero-order valence-electron chi connectivity index (χ0n) is 15.6. The number of carbonyl (C=O) groups excluding carboxylic acids is 1. The van der Waals surface area contributed by atoms with E-state index in [0.717, 1.165) is 27.2 Å². The third kappa shape index (κ3) is 2.17. The van der Waals surface area contributed by atoms with E-state index in [1.165, 1.54) is 6.92 Å². The summed E-state index contributed by atoms with van der Waals surface area (Å²) in [5.41, 5.74) is 3.28. The maximum absolute atomic E-state index is 13.7. The van der Waals surface area contributed by atoms with Crippen molar-refractivity contribution in [1.82, 2.24) is 9.55 Å². The first-order chi connectivity index (χ1) is 13.6. The Hall–Kier alpha value is -3.44. The van der Waals surface area contributed by atoms with Crippen LogP contribution in [0.4, 0.5) is 0 Å². The summed E-state index contributed by atoms with van der Waals surface area (Å²) in [5, 5.41) is 3.05. The van der Waals surface area contributed by atoms with Crippen LogP contribution >= 0.6 is 0 Å². The predicted octanol–water partition coefficient (Wildman–Crippen LogP) is 4.60. The molecule has 0 atom stereocenters. The fourth-order valence-electron chi connectivity index (χ4n) is 4.18. The highest BCUT2D eigenvalue weighted by Gasteiger charge is 2.20. The molecule has 0 radical (unpaired) electrons. The largest absolute Gasteiger partial charge is 0.364 e. The molecule has 0 aliphatic rings. The molecule has 0 aliphatic carbocycles. The minimum Gasteiger partial charge on any atom is -0.364 e. The molecule has 138 valence electrons. The molecule has 0 spiro atoms. The van der Waals surface area contributed by atoms with Crippen molar-refractivity contribution in [3.05, 3.63) is 70.4 Å². The van der Waals surface area contributed by atoms with Crippen LogP contribution in [-0.4, -0.2) is 22.4 Å². The first kappa shape index (κ1) is 16.7. The Kier molecular flexibility index (Phi) is 3.60. The smallest absolute Gasteiger partial charge is 0.212 e. The number of ketones is 1. The summed E-state index contributed by atoms with van der Waals surface area (Å²) in [6.45, 7) is 1.79. The van der Waals surface area contributed by atoms with Gasteiger partial charge in [0.2, 0.25) is 5.43 Å². The van der Waals surface area contributed by atoms with Crippen molar-refractivity contribution < 1.29 is 9.53 Å². The van der Waals surface area contributed by atoms with Crippen molar-refractivity contribution in [3.63, 3.8) is 0 Å². The molecule has 0 bridgehead atoms. The average molecular weight is 370 g/mol.